The summed E-state index contributed by atoms with van der Waals surface area (Å²) in [5.74, 6) is -0.0361. The molecule has 4 heterocycles. The van der Waals surface area contributed by atoms with Gasteiger partial charge in [-0.05, 0) is 36.6 Å². The standard InChI is InChI=1S/C23H23F6N7/c1-12(2)17-10-16-14(7-9-36(17)20-15(22(24,25)26)4-3-8-31-20)19(35-21(30)34-16)33-13-5-6-18(32-11-13)23(27,28)29/h3-6,8,11-12,17H,7,9-10H2,1-2H3,(H3,30,33,34,35). The van der Waals surface area contributed by atoms with Crippen molar-refractivity contribution in [2.75, 3.05) is 22.5 Å². The maximum Gasteiger partial charge on any atom is 0.433 e. The van der Waals surface area contributed by atoms with Gasteiger partial charge < -0.3 is 16.0 Å². The average molecular weight is 511 g/mol. The second-order valence-corrected chi connectivity index (χ2v) is 8.74. The first-order valence-corrected chi connectivity index (χ1v) is 11.1. The molecule has 7 nitrogen and oxygen atoms in total. The van der Waals surface area contributed by atoms with Crippen molar-refractivity contribution >= 4 is 23.3 Å². The van der Waals surface area contributed by atoms with Crippen LogP contribution in [-0.2, 0) is 25.2 Å². The molecule has 3 aromatic heterocycles. The molecule has 1 aliphatic rings. The van der Waals surface area contributed by atoms with Gasteiger partial charge in [-0.3, -0.25) is 0 Å². The Morgan fingerprint density at radius 1 is 1.03 bits per heavy atom. The molecule has 0 fully saturated rings. The maximum absolute atomic E-state index is 13.8. The second kappa shape index (κ2) is 9.43. The van der Waals surface area contributed by atoms with E-state index in [1.807, 2.05) is 13.8 Å². The fourth-order valence-corrected chi connectivity index (χ4v) is 4.27. The summed E-state index contributed by atoms with van der Waals surface area (Å²) >= 11 is 0. The second-order valence-electron chi connectivity index (χ2n) is 8.74. The van der Waals surface area contributed by atoms with Gasteiger partial charge in [0, 0.05) is 30.8 Å². The van der Waals surface area contributed by atoms with Gasteiger partial charge in [-0.25, -0.2) is 15.0 Å². The van der Waals surface area contributed by atoms with E-state index in [1.165, 1.54) is 18.3 Å². The first kappa shape index (κ1) is 25.5. The molecule has 0 bridgehead atoms. The van der Waals surface area contributed by atoms with Gasteiger partial charge in [0.05, 0.1) is 23.1 Å². The van der Waals surface area contributed by atoms with E-state index >= 15 is 0 Å². The highest BCUT2D eigenvalue weighted by molar-refractivity contribution is 5.62. The molecule has 1 atom stereocenters. The summed E-state index contributed by atoms with van der Waals surface area (Å²) in [6.07, 6.45) is -6.29. The Hall–Kier alpha value is -3.64. The van der Waals surface area contributed by atoms with E-state index in [1.54, 1.807) is 4.90 Å². The molecular weight excluding hydrogens is 488 g/mol. The Bertz CT molecular complexity index is 1230. The summed E-state index contributed by atoms with van der Waals surface area (Å²) in [7, 11) is 0. The lowest BCUT2D eigenvalue weighted by Gasteiger charge is -2.35. The molecule has 0 saturated heterocycles. The lowest BCUT2D eigenvalue weighted by atomic mass is 9.96. The van der Waals surface area contributed by atoms with Crippen molar-refractivity contribution in [1.29, 1.82) is 0 Å². The number of nitrogens with zero attached hydrogens (tertiary/aromatic N) is 5. The van der Waals surface area contributed by atoms with Crippen LogP contribution in [0.4, 0.5) is 49.6 Å². The van der Waals surface area contributed by atoms with Crippen LogP contribution in [0.5, 0.6) is 0 Å². The first-order chi connectivity index (χ1) is 16.8. The van der Waals surface area contributed by atoms with Crippen molar-refractivity contribution in [3.05, 3.63) is 59.2 Å². The summed E-state index contributed by atoms with van der Waals surface area (Å²) < 4.78 is 79.8. The molecule has 0 amide bonds. The monoisotopic (exact) mass is 511 g/mol. The SMILES string of the molecule is CC(C)C1Cc2nc(N)nc(Nc3ccc(C(F)(F)F)nc3)c2CCN1c1ncccc1C(F)(F)F. The molecule has 0 saturated carbocycles. The zero-order valence-corrected chi connectivity index (χ0v) is 19.3. The van der Waals surface area contributed by atoms with Gasteiger partial charge >= 0.3 is 12.4 Å². The van der Waals surface area contributed by atoms with E-state index in [0.29, 0.717) is 11.3 Å². The third kappa shape index (κ3) is 5.29. The Labute approximate surface area is 202 Å². The van der Waals surface area contributed by atoms with Crippen LogP contribution in [0.2, 0.25) is 0 Å². The van der Waals surface area contributed by atoms with Gasteiger partial charge in [-0.1, -0.05) is 13.8 Å². The van der Waals surface area contributed by atoms with Crippen LogP contribution < -0.4 is 16.0 Å². The minimum atomic E-state index is -4.59. The minimum Gasteiger partial charge on any atom is -0.368 e. The average Bonchev–Trinajstić information content (AvgIpc) is 2.98. The summed E-state index contributed by atoms with van der Waals surface area (Å²) in [6.45, 7) is 3.98. The van der Waals surface area contributed by atoms with Crippen molar-refractivity contribution in [3.8, 4) is 0 Å². The number of aromatic nitrogens is 4. The molecule has 0 aliphatic carbocycles. The first-order valence-electron chi connectivity index (χ1n) is 11.1. The van der Waals surface area contributed by atoms with E-state index in [4.69, 9.17) is 5.73 Å². The predicted molar refractivity (Wildman–Crippen MR) is 122 cm³/mol. The molecule has 36 heavy (non-hydrogen) atoms. The van der Waals surface area contributed by atoms with Crippen LogP contribution in [0.15, 0.2) is 36.7 Å². The minimum absolute atomic E-state index is 0.0641. The zero-order valence-electron chi connectivity index (χ0n) is 19.3. The summed E-state index contributed by atoms with van der Waals surface area (Å²) in [5.41, 5.74) is 5.45. The van der Waals surface area contributed by atoms with Gasteiger partial charge in [0.1, 0.15) is 17.3 Å². The molecule has 3 aromatic rings. The smallest absolute Gasteiger partial charge is 0.368 e. The highest BCUT2D eigenvalue weighted by Crippen LogP contribution is 2.38. The Morgan fingerprint density at radius 3 is 2.39 bits per heavy atom. The molecule has 0 radical (unpaired) electrons. The fraction of sp³-hybridized carbons (Fsp3) is 0.391. The zero-order chi connectivity index (χ0) is 26.3. The maximum atomic E-state index is 13.8. The van der Waals surface area contributed by atoms with Gasteiger partial charge in [-0.15, -0.1) is 0 Å². The van der Waals surface area contributed by atoms with E-state index in [0.717, 1.165) is 18.3 Å². The van der Waals surface area contributed by atoms with Crippen LogP contribution in [0.3, 0.4) is 0 Å². The number of nitrogen functional groups attached to an aromatic ring is 1. The Kier molecular flexibility index (Phi) is 6.67. The van der Waals surface area contributed by atoms with Crippen molar-refractivity contribution < 1.29 is 26.3 Å². The van der Waals surface area contributed by atoms with Crippen LogP contribution >= 0.6 is 0 Å². The van der Waals surface area contributed by atoms with Crippen molar-refractivity contribution in [1.82, 2.24) is 19.9 Å². The third-order valence-electron chi connectivity index (χ3n) is 5.97. The number of pyridine rings is 2. The fourth-order valence-electron chi connectivity index (χ4n) is 4.27. The van der Waals surface area contributed by atoms with Crippen molar-refractivity contribution in [2.45, 2.75) is 45.1 Å². The summed E-state index contributed by atoms with van der Waals surface area (Å²) in [5, 5.41) is 2.94. The molecule has 13 heteroatoms. The highest BCUT2D eigenvalue weighted by atomic mass is 19.4. The van der Waals surface area contributed by atoms with Crippen LogP contribution in [0.25, 0.3) is 0 Å². The third-order valence-corrected chi connectivity index (χ3v) is 5.97. The van der Waals surface area contributed by atoms with Gasteiger partial charge in [-0.2, -0.15) is 31.3 Å². The molecular formula is C23H23F6N7. The normalized spacial score (nSPS) is 16.6. The molecule has 0 aromatic carbocycles. The van der Waals surface area contributed by atoms with Crippen LogP contribution in [0, 0.1) is 5.92 Å². The van der Waals surface area contributed by atoms with E-state index in [2.05, 4.69) is 25.3 Å². The largest absolute Gasteiger partial charge is 0.433 e. The molecule has 1 unspecified atom stereocenters. The molecule has 0 spiro atoms. The quantitative estimate of drug-likeness (QED) is 0.462. The Balaban J connectivity index is 1.71. The Morgan fingerprint density at radius 2 is 1.78 bits per heavy atom. The van der Waals surface area contributed by atoms with E-state index < -0.39 is 23.6 Å². The number of fused-ring (bicyclic) bond motifs is 1. The summed E-state index contributed by atoms with van der Waals surface area (Å²) in [4.78, 5) is 17.7. The van der Waals surface area contributed by atoms with E-state index in [9.17, 15) is 26.3 Å². The number of alkyl halides is 6. The molecule has 192 valence electrons. The van der Waals surface area contributed by atoms with Crippen LogP contribution in [0.1, 0.15) is 36.4 Å². The van der Waals surface area contributed by atoms with Crippen LogP contribution in [-0.4, -0.2) is 32.5 Å². The van der Waals surface area contributed by atoms with E-state index in [-0.39, 0.29) is 54.6 Å². The van der Waals surface area contributed by atoms with Crippen molar-refractivity contribution in [2.24, 2.45) is 5.92 Å². The number of rotatable bonds is 4. The number of halogens is 6. The number of hydrogen-bond donors (Lipinski definition) is 2. The number of hydrogen-bond acceptors (Lipinski definition) is 7. The molecule has 4 rings (SSSR count). The van der Waals surface area contributed by atoms with Gasteiger partial charge in [0.2, 0.25) is 5.95 Å². The van der Waals surface area contributed by atoms with Gasteiger partial charge in [0.15, 0.2) is 0 Å². The number of anilines is 4. The van der Waals surface area contributed by atoms with Gasteiger partial charge in [0.25, 0.3) is 0 Å². The lowest BCUT2D eigenvalue weighted by molar-refractivity contribution is -0.141. The van der Waals surface area contributed by atoms with Crippen molar-refractivity contribution in [3.63, 3.8) is 0 Å². The lowest BCUT2D eigenvalue weighted by Crippen LogP contribution is -2.42. The summed E-state index contributed by atoms with van der Waals surface area (Å²) in [6, 6.07) is 3.92. The highest BCUT2D eigenvalue weighted by Gasteiger charge is 2.39. The molecule has 1 aliphatic heterocycles. The predicted octanol–water partition coefficient (Wildman–Crippen LogP) is 5.26. The number of nitrogens with two attached hydrogens (primary N) is 1. The molecule has 3 N–H and O–H groups in total. The topological polar surface area (TPSA) is 92.8 Å². The number of nitrogens with one attached hydrogen (secondary N) is 1.